The molecule has 0 N–H and O–H groups in total. The van der Waals surface area contributed by atoms with Gasteiger partial charge in [-0.15, -0.1) is 0 Å². The summed E-state index contributed by atoms with van der Waals surface area (Å²) in [5.41, 5.74) is 0.0602. The molecular formula is C18H11FN2O4. The number of rotatable bonds is 3. The third-order valence-corrected chi connectivity index (χ3v) is 3.71. The number of methoxy groups -OCH3 is 1. The maximum absolute atomic E-state index is 13.8. The molecular weight excluding hydrogens is 327 g/mol. The molecule has 0 saturated carbocycles. The van der Waals surface area contributed by atoms with E-state index in [1.54, 1.807) is 43.5 Å². The Morgan fingerprint density at radius 1 is 1.08 bits per heavy atom. The van der Waals surface area contributed by atoms with Crippen molar-refractivity contribution in [1.82, 2.24) is 10.1 Å². The van der Waals surface area contributed by atoms with Crippen LogP contribution in [0.15, 0.2) is 62.3 Å². The maximum atomic E-state index is 13.8. The Bertz CT molecular complexity index is 1130. The van der Waals surface area contributed by atoms with Crippen molar-refractivity contribution in [3.63, 3.8) is 0 Å². The van der Waals surface area contributed by atoms with E-state index in [0.717, 1.165) is 0 Å². The average molecular weight is 338 g/mol. The zero-order valence-electron chi connectivity index (χ0n) is 13.0. The largest absolute Gasteiger partial charge is 0.497 e. The Balaban J connectivity index is 1.83. The highest BCUT2D eigenvalue weighted by atomic mass is 19.1. The second-order valence-corrected chi connectivity index (χ2v) is 5.25. The van der Waals surface area contributed by atoms with Crippen LogP contribution in [-0.2, 0) is 0 Å². The first-order chi connectivity index (χ1) is 12.2. The first-order valence-electron chi connectivity index (χ1n) is 7.36. The molecule has 25 heavy (non-hydrogen) atoms. The molecule has 0 spiro atoms. The Morgan fingerprint density at radius 3 is 2.72 bits per heavy atom. The summed E-state index contributed by atoms with van der Waals surface area (Å²) in [6.45, 7) is 0. The Morgan fingerprint density at radius 2 is 1.92 bits per heavy atom. The molecule has 7 heteroatoms. The second kappa shape index (κ2) is 5.86. The number of ether oxygens (including phenoxy) is 1. The zero-order valence-corrected chi connectivity index (χ0v) is 13.0. The van der Waals surface area contributed by atoms with Crippen LogP contribution in [0.4, 0.5) is 4.39 Å². The van der Waals surface area contributed by atoms with Gasteiger partial charge in [-0.1, -0.05) is 17.3 Å². The van der Waals surface area contributed by atoms with E-state index < -0.39 is 11.4 Å². The fourth-order valence-electron chi connectivity index (χ4n) is 2.46. The molecule has 2 aromatic heterocycles. The highest BCUT2D eigenvalue weighted by Gasteiger charge is 2.17. The minimum Gasteiger partial charge on any atom is -0.497 e. The van der Waals surface area contributed by atoms with Crippen LogP contribution >= 0.6 is 0 Å². The minimum absolute atomic E-state index is 0.0447. The van der Waals surface area contributed by atoms with Crippen LogP contribution in [0, 0.1) is 5.82 Å². The van der Waals surface area contributed by atoms with Crippen molar-refractivity contribution >= 4 is 11.0 Å². The van der Waals surface area contributed by atoms with Gasteiger partial charge in [0, 0.05) is 5.39 Å². The highest BCUT2D eigenvalue weighted by Crippen LogP contribution is 2.26. The molecule has 2 aromatic carbocycles. The van der Waals surface area contributed by atoms with Crippen LogP contribution in [-0.4, -0.2) is 17.3 Å². The summed E-state index contributed by atoms with van der Waals surface area (Å²) in [6.07, 6.45) is 0. The van der Waals surface area contributed by atoms with Crippen LogP contribution in [0.2, 0.25) is 0 Å². The van der Waals surface area contributed by atoms with Crippen LogP contribution in [0.3, 0.4) is 0 Å². The Kier molecular flexibility index (Phi) is 3.53. The van der Waals surface area contributed by atoms with E-state index in [2.05, 4.69) is 10.1 Å². The van der Waals surface area contributed by atoms with Gasteiger partial charge >= 0.3 is 5.63 Å². The SMILES string of the molecule is COc1ccc2oc(=O)c(-c3nc(-c4ccccc4F)no3)cc2c1. The van der Waals surface area contributed by atoms with E-state index in [0.29, 0.717) is 16.7 Å². The van der Waals surface area contributed by atoms with Crippen molar-refractivity contribution in [3.05, 3.63) is 64.8 Å². The molecule has 0 aliphatic carbocycles. The van der Waals surface area contributed by atoms with E-state index in [1.807, 2.05) is 0 Å². The number of fused-ring (bicyclic) bond motifs is 1. The molecule has 0 amide bonds. The number of nitrogens with zero attached hydrogens (tertiary/aromatic N) is 2. The van der Waals surface area contributed by atoms with Crippen molar-refractivity contribution in [1.29, 1.82) is 0 Å². The molecule has 0 aliphatic rings. The average Bonchev–Trinajstić information content (AvgIpc) is 3.10. The van der Waals surface area contributed by atoms with Crippen molar-refractivity contribution in [3.8, 4) is 28.6 Å². The second-order valence-electron chi connectivity index (χ2n) is 5.25. The molecule has 0 radical (unpaired) electrons. The van der Waals surface area contributed by atoms with Gasteiger partial charge in [-0.25, -0.2) is 9.18 Å². The number of hydrogen-bond acceptors (Lipinski definition) is 6. The molecule has 4 aromatic rings. The lowest BCUT2D eigenvalue weighted by atomic mass is 10.1. The van der Waals surface area contributed by atoms with Gasteiger partial charge in [0.25, 0.3) is 5.89 Å². The third-order valence-electron chi connectivity index (χ3n) is 3.71. The minimum atomic E-state index is -0.624. The summed E-state index contributed by atoms with van der Waals surface area (Å²) in [6, 6.07) is 12.7. The normalized spacial score (nSPS) is 11.0. The fourth-order valence-corrected chi connectivity index (χ4v) is 2.46. The molecule has 0 fully saturated rings. The summed E-state index contributed by atoms with van der Waals surface area (Å²) in [4.78, 5) is 16.3. The monoisotopic (exact) mass is 338 g/mol. The lowest BCUT2D eigenvalue weighted by Gasteiger charge is -2.02. The van der Waals surface area contributed by atoms with Crippen molar-refractivity contribution < 1.29 is 18.1 Å². The number of benzene rings is 2. The summed E-state index contributed by atoms with van der Waals surface area (Å²) in [5, 5.41) is 4.39. The maximum Gasteiger partial charge on any atom is 0.349 e. The molecule has 124 valence electrons. The van der Waals surface area contributed by atoms with Crippen LogP contribution in [0.25, 0.3) is 33.8 Å². The molecule has 2 heterocycles. The van der Waals surface area contributed by atoms with Crippen LogP contribution < -0.4 is 10.4 Å². The van der Waals surface area contributed by atoms with E-state index >= 15 is 0 Å². The van der Waals surface area contributed by atoms with Gasteiger partial charge in [0.15, 0.2) is 0 Å². The topological polar surface area (TPSA) is 78.4 Å². The molecule has 0 saturated heterocycles. The van der Waals surface area contributed by atoms with E-state index in [-0.39, 0.29) is 22.8 Å². The van der Waals surface area contributed by atoms with Gasteiger partial charge in [-0.2, -0.15) is 4.98 Å². The van der Waals surface area contributed by atoms with Crippen LogP contribution in [0.1, 0.15) is 0 Å². The third kappa shape index (κ3) is 2.65. The van der Waals surface area contributed by atoms with Gasteiger partial charge < -0.3 is 13.7 Å². The molecule has 0 bridgehead atoms. The van der Waals surface area contributed by atoms with Gasteiger partial charge in [0.2, 0.25) is 5.82 Å². The summed E-state index contributed by atoms with van der Waals surface area (Å²) >= 11 is 0. The van der Waals surface area contributed by atoms with Crippen molar-refractivity contribution in [2.75, 3.05) is 7.11 Å². The molecule has 6 nitrogen and oxygen atoms in total. The summed E-state index contributed by atoms with van der Waals surface area (Å²) in [7, 11) is 1.54. The number of aromatic nitrogens is 2. The summed E-state index contributed by atoms with van der Waals surface area (Å²) < 4.78 is 29.4. The highest BCUT2D eigenvalue weighted by molar-refractivity contribution is 5.81. The molecule has 0 aliphatic heterocycles. The van der Waals surface area contributed by atoms with Gasteiger partial charge in [-0.05, 0) is 36.4 Å². The molecule has 0 unspecified atom stereocenters. The lowest BCUT2D eigenvalue weighted by Crippen LogP contribution is -2.03. The van der Waals surface area contributed by atoms with E-state index in [4.69, 9.17) is 13.7 Å². The van der Waals surface area contributed by atoms with Crippen molar-refractivity contribution in [2.45, 2.75) is 0 Å². The molecule has 0 atom stereocenters. The lowest BCUT2D eigenvalue weighted by molar-refractivity contribution is 0.415. The Hall–Kier alpha value is -3.48. The van der Waals surface area contributed by atoms with E-state index in [1.165, 1.54) is 12.1 Å². The predicted molar refractivity (Wildman–Crippen MR) is 87.7 cm³/mol. The van der Waals surface area contributed by atoms with Gasteiger partial charge in [0.05, 0.1) is 12.7 Å². The number of halogens is 1. The first kappa shape index (κ1) is 15.1. The standard InChI is InChI=1S/C18H11FN2O4/c1-23-11-6-7-15-10(8-11)9-13(18(22)24-15)17-20-16(21-25-17)12-4-2-3-5-14(12)19/h2-9H,1H3. The smallest absolute Gasteiger partial charge is 0.349 e. The fraction of sp³-hybridized carbons (Fsp3) is 0.0556. The van der Waals surface area contributed by atoms with Crippen LogP contribution in [0.5, 0.6) is 5.75 Å². The summed E-state index contributed by atoms with van der Waals surface area (Å²) in [5.74, 6) is 0.143. The van der Waals surface area contributed by atoms with E-state index in [9.17, 15) is 9.18 Å². The van der Waals surface area contributed by atoms with Gasteiger partial charge in [-0.3, -0.25) is 0 Å². The van der Waals surface area contributed by atoms with Crippen molar-refractivity contribution in [2.24, 2.45) is 0 Å². The van der Waals surface area contributed by atoms with Gasteiger partial charge in [0.1, 0.15) is 22.7 Å². The first-order valence-corrected chi connectivity index (χ1v) is 7.36. The Labute approximate surface area is 140 Å². The quantitative estimate of drug-likeness (QED) is 0.531. The molecule has 4 rings (SSSR count). The number of hydrogen-bond donors (Lipinski definition) is 0. The predicted octanol–water partition coefficient (Wildman–Crippen LogP) is 3.66. The zero-order chi connectivity index (χ0) is 17.4.